The summed E-state index contributed by atoms with van der Waals surface area (Å²) in [6.45, 7) is 1.76. The third-order valence-electron chi connectivity index (χ3n) is 5.34. The molecule has 1 aliphatic heterocycles. The van der Waals surface area contributed by atoms with E-state index in [1.165, 1.54) is 29.2 Å². The van der Waals surface area contributed by atoms with Crippen molar-refractivity contribution in [3.63, 3.8) is 0 Å². The second-order valence-corrected chi connectivity index (χ2v) is 7.26. The van der Waals surface area contributed by atoms with Crippen LogP contribution in [0.3, 0.4) is 0 Å². The average molecular weight is 405 g/mol. The van der Waals surface area contributed by atoms with Crippen LogP contribution in [0.1, 0.15) is 24.1 Å². The highest BCUT2D eigenvalue weighted by molar-refractivity contribution is 5.73. The lowest BCUT2D eigenvalue weighted by Crippen LogP contribution is -2.22. The number of hydrogen-bond donors (Lipinski definition) is 2. The molecule has 1 aliphatic rings. The maximum Gasteiger partial charge on any atom is 0.263 e. The van der Waals surface area contributed by atoms with Gasteiger partial charge in [0.2, 0.25) is 0 Å². The lowest BCUT2D eigenvalue weighted by atomic mass is 9.99. The molecule has 0 saturated heterocycles. The first-order valence-corrected chi connectivity index (χ1v) is 9.45. The predicted octanol–water partition coefficient (Wildman–Crippen LogP) is 3.78. The molecule has 0 spiro atoms. The van der Waals surface area contributed by atoms with Gasteiger partial charge in [-0.25, -0.2) is 24.2 Å². The van der Waals surface area contributed by atoms with E-state index in [-0.39, 0.29) is 18.2 Å². The summed E-state index contributed by atoms with van der Waals surface area (Å²) in [5.74, 6) is -1.44. The van der Waals surface area contributed by atoms with Crippen LogP contribution < -0.4 is 16.4 Å². The van der Waals surface area contributed by atoms with E-state index in [9.17, 15) is 13.6 Å². The van der Waals surface area contributed by atoms with Crippen LogP contribution in [0.5, 0.6) is 0 Å². The Morgan fingerprint density at radius 1 is 1.07 bits per heavy atom. The van der Waals surface area contributed by atoms with Gasteiger partial charge in [-0.1, -0.05) is 12.1 Å². The normalized spacial score (nSPS) is 15.2. The first-order valence-electron chi connectivity index (χ1n) is 9.45. The topological polar surface area (TPSA) is 71.8 Å². The molecule has 150 valence electrons. The molecule has 0 saturated carbocycles. The van der Waals surface area contributed by atoms with Gasteiger partial charge in [-0.2, -0.15) is 0 Å². The Bertz CT molecular complexity index is 1330. The molecule has 2 aromatic heterocycles. The lowest BCUT2D eigenvalue weighted by Gasteiger charge is -2.11. The largest absolute Gasteiger partial charge is 0.321 e. The Balaban J connectivity index is 1.51. The summed E-state index contributed by atoms with van der Waals surface area (Å²) in [6, 6.07) is 11.6. The molecular formula is C22H17F2N5O. The second kappa shape index (κ2) is 7.00. The zero-order valence-corrected chi connectivity index (χ0v) is 16.0. The molecule has 0 aliphatic carbocycles. The zero-order chi connectivity index (χ0) is 20.8. The van der Waals surface area contributed by atoms with Crippen LogP contribution in [0.25, 0.3) is 22.2 Å². The van der Waals surface area contributed by atoms with E-state index in [1.807, 2.05) is 25.1 Å². The minimum Gasteiger partial charge on any atom is -0.321 e. The molecular weight excluding hydrogens is 388 g/mol. The van der Waals surface area contributed by atoms with E-state index < -0.39 is 17.2 Å². The van der Waals surface area contributed by atoms with Crippen LogP contribution in [0.15, 0.2) is 59.8 Å². The van der Waals surface area contributed by atoms with Gasteiger partial charge in [-0.15, -0.1) is 0 Å². The monoisotopic (exact) mass is 405 g/mol. The molecule has 0 fully saturated rings. The molecule has 1 unspecified atom stereocenters. The summed E-state index contributed by atoms with van der Waals surface area (Å²) < 4.78 is 30.9. The summed E-state index contributed by atoms with van der Waals surface area (Å²) >= 11 is 0. The summed E-state index contributed by atoms with van der Waals surface area (Å²) in [5, 5.41) is 0.297. The number of hydrazine groups is 1. The summed E-state index contributed by atoms with van der Waals surface area (Å²) in [6.07, 6.45) is 2.78. The smallest absolute Gasteiger partial charge is 0.263 e. The molecule has 4 aromatic rings. The number of benzene rings is 2. The van der Waals surface area contributed by atoms with Crippen molar-refractivity contribution in [3.05, 3.63) is 88.1 Å². The van der Waals surface area contributed by atoms with Crippen LogP contribution in [0.4, 0.5) is 14.5 Å². The van der Waals surface area contributed by atoms with Gasteiger partial charge in [0.15, 0.2) is 5.65 Å². The fraction of sp³-hybridized carbons (Fsp3) is 0.136. The van der Waals surface area contributed by atoms with Crippen molar-refractivity contribution in [2.45, 2.75) is 19.5 Å². The quantitative estimate of drug-likeness (QED) is 0.543. The van der Waals surface area contributed by atoms with Crippen molar-refractivity contribution in [3.8, 4) is 11.1 Å². The van der Waals surface area contributed by atoms with Crippen molar-refractivity contribution in [2.75, 3.05) is 5.43 Å². The number of rotatable bonds is 3. The van der Waals surface area contributed by atoms with Crippen molar-refractivity contribution in [2.24, 2.45) is 0 Å². The van der Waals surface area contributed by atoms with E-state index in [1.54, 1.807) is 12.1 Å². The summed E-state index contributed by atoms with van der Waals surface area (Å²) in [7, 11) is 0. The van der Waals surface area contributed by atoms with Crippen molar-refractivity contribution >= 4 is 16.7 Å². The Morgan fingerprint density at radius 3 is 2.67 bits per heavy atom. The van der Waals surface area contributed by atoms with Crippen molar-refractivity contribution < 1.29 is 8.78 Å². The lowest BCUT2D eigenvalue weighted by molar-refractivity contribution is 0.541. The van der Waals surface area contributed by atoms with E-state index in [4.69, 9.17) is 0 Å². The highest BCUT2D eigenvalue weighted by Gasteiger charge is 2.19. The number of aromatic nitrogens is 3. The molecule has 0 amide bonds. The van der Waals surface area contributed by atoms with Crippen LogP contribution in [0, 0.1) is 11.6 Å². The number of fused-ring (bicyclic) bond motifs is 2. The van der Waals surface area contributed by atoms with Gasteiger partial charge in [-0.05, 0) is 53.9 Å². The van der Waals surface area contributed by atoms with Gasteiger partial charge in [0.05, 0.1) is 23.7 Å². The molecule has 3 heterocycles. The third kappa shape index (κ3) is 3.02. The highest BCUT2D eigenvalue weighted by atomic mass is 19.1. The van der Waals surface area contributed by atoms with Gasteiger partial charge >= 0.3 is 0 Å². The van der Waals surface area contributed by atoms with E-state index in [0.29, 0.717) is 22.2 Å². The number of nitrogens with one attached hydrogen (secondary N) is 2. The van der Waals surface area contributed by atoms with Gasteiger partial charge in [0.25, 0.3) is 5.56 Å². The van der Waals surface area contributed by atoms with E-state index in [0.717, 1.165) is 11.3 Å². The molecule has 0 bridgehead atoms. The molecule has 2 aromatic carbocycles. The third-order valence-corrected chi connectivity index (χ3v) is 5.34. The molecule has 1 atom stereocenters. The fourth-order valence-electron chi connectivity index (χ4n) is 3.69. The number of pyridine rings is 1. The molecule has 30 heavy (non-hydrogen) atoms. The number of hydrogen-bond acceptors (Lipinski definition) is 5. The minimum absolute atomic E-state index is 0.161. The maximum absolute atomic E-state index is 14.8. The van der Waals surface area contributed by atoms with Crippen LogP contribution in [-0.2, 0) is 6.54 Å². The summed E-state index contributed by atoms with van der Waals surface area (Å²) in [4.78, 5) is 20.7. The molecule has 6 nitrogen and oxygen atoms in total. The standard InChI is InChI=1S/C22H17F2N5O/c1-12-15-5-4-13(9-20(15)28-27-12)14-7-18(23)17(19(24)8-14)10-29-11-26-21-16(22(29)30)3-2-6-25-21/h2-9,11-12,27-28H,10H2,1H3. The Hall–Kier alpha value is -3.65. The second-order valence-electron chi connectivity index (χ2n) is 7.26. The van der Waals surface area contributed by atoms with Crippen molar-refractivity contribution in [1.82, 2.24) is 20.0 Å². The molecule has 5 rings (SSSR count). The van der Waals surface area contributed by atoms with Crippen LogP contribution in [0.2, 0.25) is 0 Å². The average Bonchev–Trinajstić information content (AvgIpc) is 3.12. The SMILES string of the molecule is CC1NNc2cc(-c3cc(F)c(Cn4cnc5ncccc5c4=O)c(F)c3)ccc21. The molecule has 8 heteroatoms. The first-order chi connectivity index (χ1) is 14.5. The predicted molar refractivity (Wildman–Crippen MR) is 110 cm³/mol. The van der Waals surface area contributed by atoms with Gasteiger partial charge in [0, 0.05) is 11.8 Å². The van der Waals surface area contributed by atoms with Crippen LogP contribution >= 0.6 is 0 Å². The molecule has 2 N–H and O–H groups in total. The maximum atomic E-state index is 14.8. The zero-order valence-electron chi connectivity index (χ0n) is 16.0. The van der Waals surface area contributed by atoms with Crippen LogP contribution in [-0.4, -0.2) is 14.5 Å². The first kappa shape index (κ1) is 18.4. The Morgan fingerprint density at radius 2 is 1.87 bits per heavy atom. The Labute approximate surface area is 170 Å². The number of nitrogens with zero attached hydrogens (tertiary/aromatic N) is 3. The van der Waals surface area contributed by atoms with E-state index >= 15 is 0 Å². The van der Waals surface area contributed by atoms with E-state index in [2.05, 4.69) is 20.8 Å². The highest BCUT2D eigenvalue weighted by Crippen LogP contribution is 2.33. The Kier molecular flexibility index (Phi) is 4.29. The minimum atomic E-state index is -0.719. The van der Waals surface area contributed by atoms with Gasteiger partial charge in [0.1, 0.15) is 18.0 Å². The number of anilines is 1. The fourth-order valence-corrected chi connectivity index (χ4v) is 3.69. The van der Waals surface area contributed by atoms with Gasteiger partial charge < -0.3 is 5.43 Å². The molecule has 0 radical (unpaired) electrons. The van der Waals surface area contributed by atoms with Gasteiger partial charge in [-0.3, -0.25) is 9.36 Å². The number of halogens is 2. The summed E-state index contributed by atoms with van der Waals surface area (Å²) in [5.41, 5.74) is 8.95. The van der Waals surface area contributed by atoms with Crippen molar-refractivity contribution in [1.29, 1.82) is 0 Å².